The van der Waals surface area contributed by atoms with E-state index in [1.54, 1.807) is 24.3 Å². The van der Waals surface area contributed by atoms with Crippen LogP contribution in [0.15, 0.2) is 48.5 Å². The third-order valence-corrected chi connectivity index (χ3v) is 15.9. The second-order valence-electron chi connectivity index (χ2n) is 22.7. The topological polar surface area (TPSA) is 408 Å². The van der Waals surface area contributed by atoms with Crippen LogP contribution < -0.4 is 75.3 Å². The van der Waals surface area contributed by atoms with Crippen molar-refractivity contribution < 1.29 is 58.2 Å². The number of nitrogens with one attached hydrogen (secondary N) is 12. The minimum Gasteiger partial charge on any atom is -0.508 e. The summed E-state index contributed by atoms with van der Waals surface area (Å²) in [6, 6.07) is 9.42. The molecule has 18 N–H and O–H groups in total. The molecule has 2 aromatic rings. The zero-order valence-electron chi connectivity index (χ0n) is 50.6. The van der Waals surface area contributed by atoms with E-state index in [4.69, 9.17) is 11.5 Å². The SMILES string of the molecule is NC(=O)[C@H](CS)NC(=O)CCCCCCC(=O)[C@H](Cc1ccc(O)cc1)NC(=O)CCCC(=O)NC12CNCCNCC(NC(=O)CCCC(=O)N[C@@H](Cc3ccc(O)cc3)C(=O)CCCCCCC(=O)N[C@@H](CS)C(N)=O)(CNCCNC1)NCCN2. The predicted octanol–water partition coefficient (Wildman–Crippen LogP) is -0.998. The van der Waals surface area contributed by atoms with Gasteiger partial charge in [-0.2, -0.15) is 25.3 Å². The van der Waals surface area contributed by atoms with Crippen molar-refractivity contribution in [3.05, 3.63) is 59.7 Å². The molecule has 490 valence electrons. The third-order valence-electron chi connectivity index (χ3n) is 15.2. The number of unbranched alkanes of at least 4 members (excludes halogenated alkanes) is 6. The molecule has 2 aliphatic rings. The summed E-state index contributed by atoms with van der Waals surface area (Å²) in [5.41, 5.74) is 10.1. The van der Waals surface area contributed by atoms with Gasteiger partial charge < -0.3 is 74.8 Å². The van der Waals surface area contributed by atoms with Gasteiger partial charge in [0.25, 0.3) is 0 Å². The number of fused-ring (bicyclic) bond motifs is 5. The molecule has 4 rings (SSSR count). The highest BCUT2D eigenvalue weighted by atomic mass is 32.1. The smallest absolute Gasteiger partial charge is 0.240 e. The molecule has 2 bridgehead atoms. The van der Waals surface area contributed by atoms with Crippen LogP contribution in [0.3, 0.4) is 0 Å². The van der Waals surface area contributed by atoms with Crippen molar-refractivity contribution in [2.24, 2.45) is 11.5 Å². The van der Waals surface area contributed by atoms with Crippen molar-refractivity contribution >= 4 is 84.1 Å². The summed E-state index contributed by atoms with van der Waals surface area (Å²) in [5, 5.41) is 57.8. The molecule has 8 amide bonds. The maximum atomic E-state index is 13.8. The average molecular weight is 1270 g/mol. The van der Waals surface area contributed by atoms with Crippen LogP contribution in [0.1, 0.15) is 127 Å². The number of nitrogens with two attached hydrogens (primary N) is 2. The lowest BCUT2D eigenvalue weighted by molar-refractivity contribution is -0.128. The molecule has 2 heterocycles. The van der Waals surface area contributed by atoms with Gasteiger partial charge in [-0.25, -0.2) is 0 Å². The number of carbonyl (C=O) groups is 10. The maximum Gasteiger partial charge on any atom is 0.240 e. The van der Waals surface area contributed by atoms with E-state index < -0.39 is 47.3 Å². The van der Waals surface area contributed by atoms with Gasteiger partial charge >= 0.3 is 0 Å². The van der Waals surface area contributed by atoms with Crippen molar-refractivity contribution in [3.8, 4) is 11.5 Å². The Kier molecular flexibility index (Phi) is 34.5. The number of amides is 8. The summed E-state index contributed by atoms with van der Waals surface area (Å²) in [4.78, 5) is 129. The largest absolute Gasteiger partial charge is 0.508 e. The van der Waals surface area contributed by atoms with E-state index in [1.165, 1.54) is 24.3 Å². The molecular formula is C60H96N14O12S2. The Hall–Kier alpha value is -6.40. The number of thiol groups is 2. The number of rotatable bonds is 38. The molecule has 0 saturated carbocycles. The molecule has 88 heavy (non-hydrogen) atoms. The number of carbonyl (C=O) groups excluding carboxylic acids is 10. The standard InChI is InChI=1S/C60H96N14O12S2/c61-57(85)47(35-87)71-51(79)13-7-3-1-5-11-49(77)45(33-41-19-23-43(75)24-20-41)69-53(81)15-9-17-55(83)73-59-37-63-27-29-65-39-60(68-32-31-67-59,40-66-30-28-64-38-59)74-56(84)18-10-16-54(82)70-46(34-42-21-25-44(76)26-22-42)50(78)12-6-2-4-8-14-52(80)72-48(36-88)58(62)86/h19-26,45-48,63-68,75-76,87-88H,1-18,27-40H2,(H2,61,85)(H2,62,86)(H,69,81)(H,70,82)(H,71,79)(H,72,80)(H,73,83)(H,74,84)/t45-,46-,47-,48-,59?,60?/m0/s1. The summed E-state index contributed by atoms with van der Waals surface area (Å²) in [7, 11) is 0. The second-order valence-corrected chi connectivity index (χ2v) is 23.4. The number of phenols is 2. The van der Waals surface area contributed by atoms with Gasteiger partial charge in [0.15, 0.2) is 11.6 Å². The average Bonchev–Trinajstić information content (AvgIpc) is 3.31. The molecule has 2 aromatic carbocycles. The summed E-state index contributed by atoms with van der Waals surface area (Å²) < 4.78 is 0. The Morgan fingerprint density at radius 1 is 0.398 bits per heavy atom. The zero-order valence-corrected chi connectivity index (χ0v) is 52.4. The van der Waals surface area contributed by atoms with Crippen LogP contribution >= 0.6 is 25.3 Å². The van der Waals surface area contributed by atoms with Crippen molar-refractivity contribution in [2.75, 3.05) is 77.0 Å². The van der Waals surface area contributed by atoms with Crippen LogP contribution in [0.4, 0.5) is 0 Å². The number of hydrogen-bond acceptors (Lipinski definition) is 20. The molecule has 4 atom stereocenters. The third kappa shape index (κ3) is 29.7. The van der Waals surface area contributed by atoms with Crippen LogP contribution in [-0.4, -0.2) is 181 Å². The highest BCUT2D eigenvalue weighted by Gasteiger charge is 2.35. The van der Waals surface area contributed by atoms with Crippen LogP contribution in [0, 0.1) is 0 Å². The molecule has 0 unspecified atom stereocenters. The van der Waals surface area contributed by atoms with E-state index in [0.717, 1.165) is 11.1 Å². The Balaban J connectivity index is 1.26. The Morgan fingerprint density at radius 3 is 0.989 bits per heavy atom. The first-order valence-corrected chi connectivity index (χ1v) is 32.0. The number of aromatic hydroxyl groups is 2. The number of hydrogen-bond donors (Lipinski definition) is 18. The second kappa shape index (κ2) is 41.0. The molecule has 0 aromatic heterocycles. The monoisotopic (exact) mass is 1270 g/mol. The van der Waals surface area contributed by atoms with Crippen LogP contribution in [-0.2, 0) is 60.8 Å². The molecule has 2 saturated heterocycles. The first-order chi connectivity index (χ1) is 42.2. The van der Waals surface area contributed by atoms with Crippen LogP contribution in [0.25, 0.3) is 0 Å². The van der Waals surface area contributed by atoms with E-state index in [0.29, 0.717) is 117 Å². The van der Waals surface area contributed by atoms with E-state index >= 15 is 0 Å². The van der Waals surface area contributed by atoms with Crippen LogP contribution in [0.2, 0.25) is 0 Å². The summed E-state index contributed by atoms with van der Waals surface area (Å²) >= 11 is 8.09. The number of benzene rings is 2. The molecule has 26 nitrogen and oxygen atoms in total. The minimum absolute atomic E-state index is 0.0172. The lowest BCUT2D eigenvalue weighted by Gasteiger charge is -2.41. The van der Waals surface area contributed by atoms with Gasteiger partial charge in [0.2, 0.25) is 47.3 Å². The van der Waals surface area contributed by atoms with Gasteiger partial charge in [-0.05, 0) is 86.8 Å². The number of ketones is 2. The van der Waals surface area contributed by atoms with E-state index in [-0.39, 0.29) is 147 Å². The van der Waals surface area contributed by atoms with E-state index in [1.807, 2.05) is 0 Å². The molecule has 0 radical (unpaired) electrons. The quantitative estimate of drug-likeness (QED) is 0.0283. The molecule has 2 aliphatic heterocycles. The Labute approximate surface area is 527 Å². The highest BCUT2D eigenvalue weighted by molar-refractivity contribution is 7.80. The van der Waals surface area contributed by atoms with E-state index in [9.17, 15) is 58.2 Å². The van der Waals surface area contributed by atoms with Gasteiger partial charge in [0, 0.05) is 128 Å². The molecule has 0 spiro atoms. The fourth-order valence-corrected chi connectivity index (χ4v) is 10.8. The van der Waals surface area contributed by atoms with Gasteiger partial charge in [0.1, 0.15) is 34.9 Å². The minimum atomic E-state index is -0.957. The molecule has 0 aliphatic carbocycles. The van der Waals surface area contributed by atoms with E-state index in [2.05, 4.69) is 89.1 Å². The number of primary amides is 2. The maximum absolute atomic E-state index is 13.8. The summed E-state index contributed by atoms with van der Waals surface area (Å²) in [5.74, 6) is -3.29. The number of Topliss-reactive ketones (excluding diaryl/α,β-unsaturated/α-hetero) is 2. The first kappa shape index (κ1) is 74.1. The van der Waals surface area contributed by atoms with Crippen molar-refractivity contribution in [2.45, 2.75) is 164 Å². The van der Waals surface area contributed by atoms with Crippen molar-refractivity contribution in [1.82, 2.24) is 63.8 Å². The molecule has 28 heteroatoms. The summed E-state index contributed by atoms with van der Waals surface area (Å²) in [6.07, 6.45) is 6.41. The van der Waals surface area contributed by atoms with Crippen molar-refractivity contribution in [1.29, 1.82) is 0 Å². The molecular weight excluding hydrogens is 1170 g/mol. The lowest BCUT2D eigenvalue weighted by atomic mass is 9.98. The number of phenolic OH excluding ortho intramolecular Hbond substituents is 2. The zero-order chi connectivity index (χ0) is 64.2. The van der Waals surface area contributed by atoms with Gasteiger partial charge in [-0.1, -0.05) is 49.9 Å². The Bertz CT molecular complexity index is 2360. The lowest BCUT2D eigenvalue weighted by Crippen LogP contribution is -2.73. The summed E-state index contributed by atoms with van der Waals surface area (Å²) in [6.45, 7) is 4.22. The normalized spacial score (nSPS) is 18.7. The fourth-order valence-electron chi connectivity index (χ4n) is 10.2. The van der Waals surface area contributed by atoms with Gasteiger partial charge in [-0.3, -0.25) is 58.6 Å². The highest BCUT2D eigenvalue weighted by Crippen LogP contribution is 2.17. The first-order valence-electron chi connectivity index (χ1n) is 30.8. The molecule has 2 fully saturated rings. The van der Waals surface area contributed by atoms with Gasteiger partial charge in [0.05, 0.1) is 12.1 Å². The van der Waals surface area contributed by atoms with Gasteiger partial charge in [-0.15, -0.1) is 0 Å². The van der Waals surface area contributed by atoms with Crippen LogP contribution in [0.5, 0.6) is 11.5 Å². The fraction of sp³-hybridized carbons (Fsp3) is 0.633. The van der Waals surface area contributed by atoms with Crippen molar-refractivity contribution in [3.63, 3.8) is 0 Å². The predicted molar refractivity (Wildman–Crippen MR) is 340 cm³/mol. The Morgan fingerprint density at radius 2 is 0.682 bits per heavy atom.